The molecule has 0 saturated heterocycles. The number of hydrogen-bond donors (Lipinski definition) is 2. The second kappa shape index (κ2) is 5.74. The van der Waals surface area contributed by atoms with Crippen LogP contribution in [0.2, 0.25) is 0 Å². The molecule has 1 aliphatic heterocycles. The highest BCUT2D eigenvalue weighted by Gasteiger charge is 2.23. The third-order valence-corrected chi connectivity index (χ3v) is 3.87. The quantitative estimate of drug-likeness (QED) is 0.908. The zero-order chi connectivity index (χ0) is 14.8. The average molecular weight is 287 g/mol. The van der Waals surface area contributed by atoms with Crippen LogP contribution in [0, 0.1) is 12.7 Å². The number of aromatic hydroxyl groups is 1. The first kappa shape index (κ1) is 13.9. The second-order valence-corrected chi connectivity index (χ2v) is 5.36. The summed E-state index contributed by atoms with van der Waals surface area (Å²) in [7, 11) is 0. The maximum Gasteiger partial charge on any atom is 0.127 e. The standard InChI is InChI=1S/C17H18FNO2/c1-11-8-13(18)3-2-12(11)6-7-19-16-10-21-17-9-14(20)4-5-15(16)17/h2-5,8-9,16,19-20H,6-7,10H2,1H3. The van der Waals surface area contributed by atoms with E-state index in [0.29, 0.717) is 6.61 Å². The lowest BCUT2D eigenvalue weighted by Crippen LogP contribution is -2.24. The van der Waals surface area contributed by atoms with Crippen LogP contribution in [0.4, 0.5) is 4.39 Å². The minimum Gasteiger partial charge on any atom is -0.508 e. The minimum absolute atomic E-state index is 0.140. The van der Waals surface area contributed by atoms with Gasteiger partial charge in [-0.1, -0.05) is 6.07 Å². The van der Waals surface area contributed by atoms with Gasteiger partial charge < -0.3 is 15.2 Å². The van der Waals surface area contributed by atoms with Crippen LogP contribution in [0.25, 0.3) is 0 Å². The molecule has 0 saturated carbocycles. The fourth-order valence-corrected chi connectivity index (χ4v) is 2.69. The van der Waals surface area contributed by atoms with Crippen LogP contribution in [0.3, 0.4) is 0 Å². The van der Waals surface area contributed by atoms with E-state index in [9.17, 15) is 9.50 Å². The van der Waals surface area contributed by atoms with Crippen molar-refractivity contribution in [2.24, 2.45) is 0 Å². The molecule has 1 unspecified atom stereocenters. The summed E-state index contributed by atoms with van der Waals surface area (Å²) in [6.07, 6.45) is 0.843. The van der Waals surface area contributed by atoms with Crippen LogP contribution >= 0.6 is 0 Å². The summed E-state index contributed by atoms with van der Waals surface area (Å²) in [6.45, 7) is 3.29. The molecule has 0 bridgehead atoms. The van der Waals surface area contributed by atoms with Crippen LogP contribution in [0.15, 0.2) is 36.4 Å². The van der Waals surface area contributed by atoms with Crippen LogP contribution in [-0.4, -0.2) is 18.3 Å². The molecule has 2 N–H and O–H groups in total. The first-order valence-corrected chi connectivity index (χ1v) is 7.07. The van der Waals surface area contributed by atoms with Crippen molar-refractivity contribution in [3.8, 4) is 11.5 Å². The Bertz CT molecular complexity index is 657. The van der Waals surface area contributed by atoms with E-state index in [4.69, 9.17) is 4.74 Å². The van der Waals surface area contributed by atoms with Gasteiger partial charge in [-0.3, -0.25) is 0 Å². The molecule has 1 aliphatic rings. The SMILES string of the molecule is Cc1cc(F)ccc1CCNC1COc2cc(O)ccc21. The van der Waals surface area contributed by atoms with Gasteiger partial charge in [0.15, 0.2) is 0 Å². The number of halogens is 1. The first-order chi connectivity index (χ1) is 10.1. The molecule has 4 heteroatoms. The Morgan fingerprint density at radius 2 is 2.14 bits per heavy atom. The summed E-state index contributed by atoms with van der Waals surface area (Å²) in [6, 6.07) is 10.2. The van der Waals surface area contributed by atoms with Crippen molar-refractivity contribution in [2.45, 2.75) is 19.4 Å². The predicted molar refractivity (Wildman–Crippen MR) is 79.2 cm³/mol. The summed E-state index contributed by atoms with van der Waals surface area (Å²) in [5.41, 5.74) is 3.20. The van der Waals surface area contributed by atoms with Crippen LogP contribution in [-0.2, 0) is 6.42 Å². The zero-order valence-electron chi connectivity index (χ0n) is 11.9. The van der Waals surface area contributed by atoms with Crippen molar-refractivity contribution in [2.75, 3.05) is 13.2 Å². The molecule has 3 nitrogen and oxygen atoms in total. The second-order valence-electron chi connectivity index (χ2n) is 5.36. The summed E-state index contributed by atoms with van der Waals surface area (Å²) in [5.74, 6) is 0.768. The lowest BCUT2D eigenvalue weighted by Gasteiger charge is -2.12. The van der Waals surface area contributed by atoms with E-state index in [1.54, 1.807) is 18.2 Å². The van der Waals surface area contributed by atoms with Gasteiger partial charge in [-0.15, -0.1) is 0 Å². The van der Waals surface area contributed by atoms with E-state index in [2.05, 4.69) is 5.32 Å². The monoisotopic (exact) mass is 287 g/mol. The normalized spacial score (nSPS) is 16.6. The van der Waals surface area contributed by atoms with Gasteiger partial charge in [0.1, 0.15) is 23.9 Å². The highest BCUT2D eigenvalue weighted by molar-refractivity contribution is 5.44. The van der Waals surface area contributed by atoms with Gasteiger partial charge in [0, 0.05) is 11.6 Å². The minimum atomic E-state index is -0.192. The number of phenols is 1. The topological polar surface area (TPSA) is 41.5 Å². The van der Waals surface area contributed by atoms with Gasteiger partial charge in [0.25, 0.3) is 0 Å². The van der Waals surface area contributed by atoms with Crippen LogP contribution in [0.5, 0.6) is 11.5 Å². The molecule has 0 fully saturated rings. The summed E-state index contributed by atoms with van der Waals surface area (Å²) in [5, 5.41) is 12.9. The number of aryl methyl sites for hydroxylation is 1. The van der Waals surface area contributed by atoms with Crippen LogP contribution in [0.1, 0.15) is 22.7 Å². The van der Waals surface area contributed by atoms with Crippen LogP contribution < -0.4 is 10.1 Å². The number of phenolic OH excluding ortho intramolecular Hbond substituents is 1. The predicted octanol–water partition coefficient (Wildman–Crippen LogP) is 3.11. The molecule has 0 amide bonds. The van der Waals surface area contributed by atoms with Crippen molar-refractivity contribution in [3.63, 3.8) is 0 Å². The van der Waals surface area contributed by atoms with Gasteiger partial charge in [-0.25, -0.2) is 4.39 Å². The number of hydrogen-bond acceptors (Lipinski definition) is 3. The molecule has 1 atom stereocenters. The lowest BCUT2D eigenvalue weighted by atomic mass is 10.0. The number of rotatable bonds is 4. The smallest absolute Gasteiger partial charge is 0.127 e. The van der Waals surface area contributed by atoms with Crippen molar-refractivity contribution in [1.82, 2.24) is 5.32 Å². The molecule has 21 heavy (non-hydrogen) atoms. The fraction of sp³-hybridized carbons (Fsp3) is 0.294. The third kappa shape index (κ3) is 3.00. The number of ether oxygens (including phenoxy) is 1. The molecular weight excluding hydrogens is 269 g/mol. The number of nitrogens with one attached hydrogen (secondary N) is 1. The van der Waals surface area contributed by atoms with E-state index in [1.165, 1.54) is 6.07 Å². The molecule has 0 aliphatic carbocycles. The van der Waals surface area contributed by atoms with E-state index in [1.807, 2.05) is 19.1 Å². The third-order valence-electron chi connectivity index (χ3n) is 3.87. The molecule has 2 aromatic rings. The van der Waals surface area contributed by atoms with Gasteiger partial charge in [-0.2, -0.15) is 0 Å². The molecule has 0 radical (unpaired) electrons. The van der Waals surface area contributed by atoms with E-state index >= 15 is 0 Å². The molecule has 1 heterocycles. The van der Waals surface area contributed by atoms with Gasteiger partial charge in [0.05, 0.1) is 6.04 Å². The Kier molecular flexibility index (Phi) is 3.80. The molecule has 3 rings (SSSR count). The Labute approximate surface area is 123 Å². The summed E-state index contributed by atoms with van der Waals surface area (Å²) < 4.78 is 18.6. The number of benzene rings is 2. The largest absolute Gasteiger partial charge is 0.508 e. The maximum atomic E-state index is 13.1. The maximum absolute atomic E-state index is 13.1. The molecule has 110 valence electrons. The van der Waals surface area contributed by atoms with Crippen molar-refractivity contribution in [3.05, 3.63) is 58.9 Å². The first-order valence-electron chi connectivity index (χ1n) is 7.07. The van der Waals surface area contributed by atoms with E-state index in [-0.39, 0.29) is 17.6 Å². The fourth-order valence-electron chi connectivity index (χ4n) is 2.69. The molecule has 0 spiro atoms. The number of fused-ring (bicyclic) bond motifs is 1. The summed E-state index contributed by atoms with van der Waals surface area (Å²) in [4.78, 5) is 0. The molecular formula is C17H18FNO2. The Morgan fingerprint density at radius 3 is 2.95 bits per heavy atom. The van der Waals surface area contributed by atoms with Gasteiger partial charge >= 0.3 is 0 Å². The average Bonchev–Trinajstić information content (AvgIpc) is 2.83. The Hall–Kier alpha value is -2.07. The highest BCUT2D eigenvalue weighted by Crippen LogP contribution is 2.34. The van der Waals surface area contributed by atoms with E-state index < -0.39 is 0 Å². The van der Waals surface area contributed by atoms with E-state index in [0.717, 1.165) is 35.4 Å². The van der Waals surface area contributed by atoms with Gasteiger partial charge in [0.2, 0.25) is 0 Å². The van der Waals surface area contributed by atoms with Gasteiger partial charge in [-0.05, 0) is 55.3 Å². The van der Waals surface area contributed by atoms with Crippen molar-refractivity contribution in [1.29, 1.82) is 0 Å². The Morgan fingerprint density at radius 1 is 1.29 bits per heavy atom. The zero-order valence-corrected chi connectivity index (χ0v) is 11.9. The lowest BCUT2D eigenvalue weighted by molar-refractivity contribution is 0.311. The summed E-state index contributed by atoms with van der Waals surface area (Å²) >= 11 is 0. The van der Waals surface area contributed by atoms with Crippen molar-refractivity contribution < 1.29 is 14.2 Å². The molecule has 2 aromatic carbocycles. The Balaban J connectivity index is 1.60. The highest BCUT2D eigenvalue weighted by atomic mass is 19.1. The van der Waals surface area contributed by atoms with Crippen molar-refractivity contribution >= 4 is 0 Å². The molecule has 0 aromatic heterocycles.